The van der Waals surface area contributed by atoms with Crippen molar-refractivity contribution in [3.05, 3.63) is 35.6 Å². The van der Waals surface area contributed by atoms with E-state index in [0.717, 1.165) is 25.7 Å². The lowest BCUT2D eigenvalue weighted by Gasteiger charge is -2.22. The SMILES string of the molecule is CC(NC(=O)CC1CCCCC1)C(=O)NCC(C(=O)O)c1ccc(F)cc1. The minimum atomic E-state index is -1.11. The zero-order valence-electron chi connectivity index (χ0n) is 15.5. The molecule has 0 aromatic heterocycles. The fraction of sp³-hybridized carbons (Fsp3) is 0.550. The van der Waals surface area contributed by atoms with Crippen LogP contribution in [-0.4, -0.2) is 35.5 Å². The molecule has 2 atom stereocenters. The van der Waals surface area contributed by atoms with Crippen molar-refractivity contribution >= 4 is 17.8 Å². The molecule has 1 aromatic carbocycles. The Balaban J connectivity index is 1.82. The topological polar surface area (TPSA) is 95.5 Å². The largest absolute Gasteiger partial charge is 0.481 e. The summed E-state index contributed by atoms with van der Waals surface area (Å²) in [4.78, 5) is 35.8. The summed E-state index contributed by atoms with van der Waals surface area (Å²) >= 11 is 0. The van der Waals surface area contributed by atoms with Gasteiger partial charge in [0, 0.05) is 13.0 Å². The first-order chi connectivity index (χ1) is 12.9. The summed E-state index contributed by atoms with van der Waals surface area (Å²) in [5.41, 5.74) is 0.401. The second-order valence-corrected chi connectivity index (χ2v) is 7.18. The number of benzene rings is 1. The molecule has 0 saturated heterocycles. The van der Waals surface area contributed by atoms with E-state index >= 15 is 0 Å². The molecule has 0 radical (unpaired) electrons. The lowest BCUT2D eigenvalue weighted by molar-refractivity contribution is -0.139. The molecule has 0 bridgehead atoms. The van der Waals surface area contributed by atoms with Gasteiger partial charge in [-0.3, -0.25) is 14.4 Å². The van der Waals surface area contributed by atoms with Gasteiger partial charge in [-0.15, -0.1) is 0 Å². The number of aliphatic carboxylic acids is 1. The van der Waals surface area contributed by atoms with Crippen LogP contribution in [0.25, 0.3) is 0 Å². The molecular formula is C20H27FN2O4. The molecule has 1 aromatic rings. The second-order valence-electron chi connectivity index (χ2n) is 7.18. The van der Waals surface area contributed by atoms with Crippen molar-refractivity contribution in [3.8, 4) is 0 Å². The van der Waals surface area contributed by atoms with Crippen molar-refractivity contribution in [2.75, 3.05) is 6.54 Å². The molecule has 0 aliphatic heterocycles. The summed E-state index contributed by atoms with van der Waals surface area (Å²) in [6, 6.07) is 4.39. The van der Waals surface area contributed by atoms with Crippen molar-refractivity contribution in [3.63, 3.8) is 0 Å². The third kappa shape index (κ3) is 6.66. The summed E-state index contributed by atoms with van der Waals surface area (Å²) in [5.74, 6) is -2.78. The lowest BCUT2D eigenvalue weighted by atomic mass is 9.87. The van der Waals surface area contributed by atoms with E-state index in [1.807, 2.05) is 0 Å². The molecule has 1 aliphatic carbocycles. The summed E-state index contributed by atoms with van der Waals surface area (Å²) < 4.78 is 13.0. The van der Waals surface area contributed by atoms with E-state index in [-0.39, 0.29) is 12.5 Å². The third-order valence-electron chi connectivity index (χ3n) is 5.02. The molecule has 6 nitrogen and oxygen atoms in total. The highest BCUT2D eigenvalue weighted by Crippen LogP contribution is 2.26. The van der Waals surface area contributed by atoms with Gasteiger partial charge in [0.2, 0.25) is 11.8 Å². The summed E-state index contributed by atoms with van der Waals surface area (Å²) in [6.07, 6.45) is 6.03. The van der Waals surface area contributed by atoms with Crippen LogP contribution >= 0.6 is 0 Å². The van der Waals surface area contributed by atoms with E-state index in [0.29, 0.717) is 17.9 Å². The molecule has 7 heteroatoms. The van der Waals surface area contributed by atoms with Gasteiger partial charge in [0.05, 0.1) is 5.92 Å². The van der Waals surface area contributed by atoms with Crippen LogP contribution in [0.3, 0.4) is 0 Å². The zero-order valence-corrected chi connectivity index (χ0v) is 15.5. The average Bonchev–Trinajstić information content (AvgIpc) is 2.63. The number of carbonyl (C=O) groups is 3. The number of carboxylic acid groups (broad SMARTS) is 1. The standard InChI is InChI=1S/C20H27FN2O4/c1-13(23-18(24)11-14-5-3-2-4-6-14)19(25)22-12-17(20(26)27)15-7-9-16(21)10-8-15/h7-10,13-14,17H,2-6,11-12H2,1H3,(H,22,25)(H,23,24)(H,26,27). The Morgan fingerprint density at radius 2 is 1.78 bits per heavy atom. The van der Waals surface area contributed by atoms with Gasteiger partial charge in [-0.25, -0.2) is 4.39 Å². The van der Waals surface area contributed by atoms with Gasteiger partial charge < -0.3 is 15.7 Å². The molecule has 3 N–H and O–H groups in total. The molecule has 2 unspecified atom stereocenters. The monoisotopic (exact) mass is 378 g/mol. The van der Waals surface area contributed by atoms with Crippen LogP contribution in [0.1, 0.15) is 56.9 Å². The average molecular weight is 378 g/mol. The van der Waals surface area contributed by atoms with Crippen LogP contribution in [-0.2, 0) is 14.4 Å². The molecule has 1 saturated carbocycles. The van der Waals surface area contributed by atoms with Gasteiger partial charge in [0.25, 0.3) is 0 Å². The number of carboxylic acids is 1. The van der Waals surface area contributed by atoms with Gasteiger partial charge in [-0.05, 0) is 43.4 Å². The Morgan fingerprint density at radius 1 is 1.15 bits per heavy atom. The van der Waals surface area contributed by atoms with Crippen LogP contribution in [0.2, 0.25) is 0 Å². The zero-order chi connectivity index (χ0) is 19.8. The number of carbonyl (C=O) groups excluding carboxylic acids is 2. The number of amides is 2. The van der Waals surface area contributed by atoms with Crippen molar-refractivity contribution in [2.45, 2.75) is 57.4 Å². The third-order valence-corrected chi connectivity index (χ3v) is 5.02. The molecule has 2 amide bonds. The predicted molar refractivity (Wildman–Crippen MR) is 98.6 cm³/mol. The highest BCUT2D eigenvalue weighted by Gasteiger charge is 2.24. The molecular weight excluding hydrogens is 351 g/mol. The predicted octanol–water partition coefficient (Wildman–Crippen LogP) is 2.59. The first-order valence-corrected chi connectivity index (χ1v) is 9.42. The van der Waals surface area contributed by atoms with Crippen LogP contribution in [0, 0.1) is 11.7 Å². The van der Waals surface area contributed by atoms with Gasteiger partial charge >= 0.3 is 5.97 Å². The number of hydrogen-bond donors (Lipinski definition) is 3. The number of hydrogen-bond acceptors (Lipinski definition) is 3. The number of nitrogens with one attached hydrogen (secondary N) is 2. The molecule has 1 fully saturated rings. The molecule has 0 spiro atoms. The van der Waals surface area contributed by atoms with Crippen molar-refractivity contribution < 1.29 is 23.9 Å². The maximum absolute atomic E-state index is 13.0. The van der Waals surface area contributed by atoms with E-state index < -0.39 is 29.7 Å². The summed E-state index contributed by atoms with van der Waals surface area (Å²) in [6.45, 7) is 1.43. The summed E-state index contributed by atoms with van der Waals surface area (Å²) in [5, 5.41) is 14.6. The highest BCUT2D eigenvalue weighted by molar-refractivity contribution is 5.88. The van der Waals surface area contributed by atoms with Crippen molar-refractivity contribution in [1.82, 2.24) is 10.6 Å². The van der Waals surface area contributed by atoms with Gasteiger partial charge in [0.1, 0.15) is 11.9 Å². The Morgan fingerprint density at radius 3 is 2.37 bits per heavy atom. The van der Waals surface area contributed by atoms with E-state index in [9.17, 15) is 23.9 Å². The fourth-order valence-electron chi connectivity index (χ4n) is 3.42. The first-order valence-electron chi connectivity index (χ1n) is 9.42. The van der Waals surface area contributed by atoms with Gasteiger partial charge in [-0.2, -0.15) is 0 Å². The quantitative estimate of drug-likeness (QED) is 0.648. The molecule has 148 valence electrons. The van der Waals surface area contributed by atoms with Crippen molar-refractivity contribution in [2.24, 2.45) is 5.92 Å². The van der Waals surface area contributed by atoms with Crippen molar-refractivity contribution in [1.29, 1.82) is 0 Å². The maximum Gasteiger partial charge on any atom is 0.312 e. The Labute approximate surface area is 158 Å². The Bertz CT molecular complexity index is 656. The molecule has 2 rings (SSSR count). The smallest absolute Gasteiger partial charge is 0.312 e. The normalized spacial score (nSPS) is 17.0. The Hall–Kier alpha value is -2.44. The molecule has 27 heavy (non-hydrogen) atoms. The lowest BCUT2D eigenvalue weighted by Crippen LogP contribution is -2.46. The minimum absolute atomic E-state index is 0.136. The number of halogens is 1. The van der Waals surface area contributed by atoms with E-state index in [4.69, 9.17) is 0 Å². The molecule has 0 heterocycles. The van der Waals surface area contributed by atoms with E-state index in [1.165, 1.54) is 30.7 Å². The van der Waals surface area contributed by atoms with Crippen LogP contribution in [0.5, 0.6) is 0 Å². The second kappa shape index (κ2) is 10.0. The highest BCUT2D eigenvalue weighted by atomic mass is 19.1. The van der Waals surface area contributed by atoms with Gasteiger partial charge in [-0.1, -0.05) is 31.4 Å². The first kappa shape index (κ1) is 20.9. The van der Waals surface area contributed by atoms with Gasteiger partial charge in [0.15, 0.2) is 0 Å². The Kier molecular flexibility index (Phi) is 7.76. The minimum Gasteiger partial charge on any atom is -0.481 e. The fourth-order valence-corrected chi connectivity index (χ4v) is 3.42. The summed E-state index contributed by atoms with van der Waals surface area (Å²) in [7, 11) is 0. The van der Waals surface area contributed by atoms with Crippen LogP contribution in [0.15, 0.2) is 24.3 Å². The van der Waals surface area contributed by atoms with Crippen LogP contribution < -0.4 is 10.6 Å². The maximum atomic E-state index is 13.0. The van der Waals surface area contributed by atoms with E-state index in [2.05, 4.69) is 10.6 Å². The van der Waals surface area contributed by atoms with Crippen LogP contribution in [0.4, 0.5) is 4.39 Å². The number of rotatable bonds is 8. The molecule has 1 aliphatic rings. The van der Waals surface area contributed by atoms with E-state index in [1.54, 1.807) is 6.92 Å².